The Morgan fingerprint density at radius 2 is 1.76 bits per heavy atom. The third-order valence-electron chi connectivity index (χ3n) is 5.81. The molecule has 7 heteroatoms. The van der Waals surface area contributed by atoms with Crippen molar-refractivity contribution in [3.8, 4) is 0 Å². The smallest absolute Gasteiger partial charge is 0.228 e. The second-order valence-electron chi connectivity index (χ2n) is 7.41. The zero-order chi connectivity index (χ0) is 17.3. The van der Waals surface area contributed by atoms with Crippen LogP contribution in [0.1, 0.15) is 18.4 Å². The van der Waals surface area contributed by atoms with E-state index in [0.717, 1.165) is 44.1 Å². The Bertz CT molecular complexity index is 609. The van der Waals surface area contributed by atoms with Crippen molar-refractivity contribution in [3.05, 3.63) is 18.0 Å². The van der Waals surface area contributed by atoms with E-state index in [-0.39, 0.29) is 17.2 Å². The molecular weight excluding hydrogens is 320 g/mol. The van der Waals surface area contributed by atoms with Gasteiger partial charge in [-0.25, -0.2) is 9.97 Å². The summed E-state index contributed by atoms with van der Waals surface area (Å²) in [6.45, 7) is 7.65. The zero-order valence-corrected chi connectivity index (χ0v) is 14.8. The number of amides is 1. The Balaban J connectivity index is 1.58. The van der Waals surface area contributed by atoms with E-state index in [9.17, 15) is 4.79 Å². The Morgan fingerprint density at radius 1 is 1.12 bits per heavy atom. The summed E-state index contributed by atoms with van der Waals surface area (Å²) in [5.41, 5.74) is 1.02. The van der Waals surface area contributed by atoms with Gasteiger partial charge in [-0.15, -0.1) is 0 Å². The molecule has 1 spiro atoms. The highest BCUT2D eigenvalue weighted by Gasteiger charge is 2.52. The number of aromatic nitrogens is 2. The summed E-state index contributed by atoms with van der Waals surface area (Å²) in [4.78, 5) is 26.4. The lowest BCUT2D eigenvalue weighted by Crippen LogP contribution is -2.49. The lowest BCUT2D eigenvalue weighted by molar-refractivity contribution is -0.144. The van der Waals surface area contributed by atoms with Crippen LogP contribution in [-0.2, 0) is 14.3 Å². The van der Waals surface area contributed by atoms with E-state index >= 15 is 0 Å². The third kappa shape index (κ3) is 3.22. The first-order chi connectivity index (χ1) is 12.2. The van der Waals surface area contributed by atoms with Gasteiger partial charge in [-0.1, -0.05) is 0 Å². The van der Waals surface area contributed by atoms with Crippen LogP contribution in [0.5, 0.6) is 0 Å². The molecule has 7 nitrogen and oxygen atoms in total. The van der Waals surface area contributed by atoms with Crippen molar-refractivity contribution < 1.29 is 14.3 Å². The predicted octanol–water partition coefficient (Wildman–Crippen LogP) is 0.877. The molecule has 1 atom stereocenters. The van der Waals surface area contributed by atoms with Gasteiger partial charge in [0.05, 0.1) is 19.1 Å². The zero-order valence-electron chi connectivity index (χ0n) is 14.8. The van der Waals surface area contributed by atoms with Crippen molar-refractivity contribution in [2.45, 2.75) is 19.8 Å². The maximum absolute atomic E-state index is 13.3. The Labute approximate surface area is 148 Å². The van der Waals surface area contributed by atoms with Crippen LogP contribution in [0.15, 0.2) is 12.4 Å². The number of nitrogens with zero attached hydrogens (tertiary/aromatic N) is 4. The highest BCUT2D eigenvalue weighted by molar-refractivity contribution is 5.81. The number of ether oxygens (including phenoxy) is 2. The topological polar surface area (TPSA) is 67.8 Å². The van der Waals surface area contributed by atoms with Crippen molar-refractivity contribution in [3.63, 3.8) is 0 Å². The predicted molar refractivity (Wildman–Crippen MR) is 92.4 cm³/mol. The Hall–Kier alpha value is -1.73. The maximum atomic E-state index is 13.3. The van der Waals surface area contributed by atoms with E-state index in [1.807, 2.05) is 24.2 Å². The SMILES string of the molecule is Cc1cnc(N2C[C@@H](C(=O)N3CCOCC3)C3(CCOCC3)C2)nc1. The average Bonchev–Trinajstić information content (AvgIpc) is 3.01. The summed E-state index contributed by atoms with van der Waals surface area (Å²) >= 11 is 0. The minimum atomic E-state index is -0.0259. The number of carbonyl (C=O) groups excluding carboxylic acids is 1. The molecule has 0 unspecified atom stereocenters. The minimum absolute atomic E-state index is 0.0144. The second kappa shape index (κ2) is 6.88. The molecule has 4 rings (SSSR count). The maximum Gasteiger partial charge on any atom is 0.228 e. The molecule has 3 aliphatic heterocycles. The van der Waals surface area contributed by atoms with Crippen molar-refractivity contribution >= 4 is 11.9 Å². The molecule has 0 aliphatic carbocycles. The second-order valence-corrected chi connectivity index (χ2v) is 7.41. The van der Waals surface area contributed by atoms with Gasteiger partial charge in [0.2, 0.25) is 11.9 Å². The minimum Gasteiger partial charge on any atom is -0.381 e. The number of carbonyl (C=O) groups is 1. The van der Waals surface area contributed by atoms with Gasteiger partial charge in [0.25, 0.3) is 0 Å². The summed E-state index contributed by atoms with van der Waals surface area (Å²) in [5.74, 6) is 0.980. The molecule has 136 valence electrons. The molecular formula is C18H26N4O3. The van der Waals surface area contributed by atoms with Crippen LogP contribution in [0.4, 0.5) is 5.95 Å². The van der Waals surface area contributed by atoms with Crippen LogP contribution in [0, 0.1) is 18.3 Å². The van der Waals surface area contributed by atoms with Crippen LogP contribution in [-0.4, -0.2) is 73.4 Å². The molecule has 1 amide bonds. The van der Waals surface area contributed by atoms with Gasteiger partial charge in [0.1, 0.15) is 0 Å². The lowest BCUT2D eigenvalue weighted by atomic mass is 9.71. The normalized spacial score (nSPS) is 26.2. The molecule has 0 bridgehead atoms. The van der Waals surface area contributed by atoms with Gasteiger partial charge >= 0.3 is 0 Å². The lowest BCUT2D eigenvalue weighted by Gasteiger charge is -2.39. The number of hydrogen-bond acceptors (Lipinski definition) is 6. The van der Waals surface area contributed by atoms with Crippen molar-refractivity contribution in [2.75, 3.05) is 57.5 Å². The van der Waals surface area contributed by atoms with Crippen molar-refractivity contribution in [1.82, 2.24) is 14.9 Å². The molecule has 0 radical (unpaired) electrons. The number of rotatable bonds is 2. The largest absolute Gasteiger partial charge is 0.381 e. The summed E-state index contributed by atoms with van der Waals surface area (Å²) in [6.07, 6.45) is 5.54. The molecule has 3 aliphatic rings. The van der Waals surface area contributed by atoms with Gasteiger partial charge in [-0.3, -0.25) is 4.79 Å². The van der Waals surface area contributed by atoms with E-state index in [0.29, 0.717) is 32.8 Å². The van der Waals surface area contributed by atoms with Crippen LogP contribution < -0.4 is 4.90 Å². The quantitative estimate of drug-likeness (QED) is 0.792. The van der Waals surface area contributed by atoms with Gasteiger partial charge < -0.3 is 19.3 Å². The fourth-order valence-electron chi connectivity index (χ4n) is 4.30. The molecule has 0 aromatic carbocycles. The van der Waals surface area contributed by atoms with E-state index in [2.05, 4.69) is 14.9 Å². The molecule has 25 heavy (non-hydrogen) atoms. The molecule has 3 saturated heterocycles. The fourth-order valence-corrected chi connectivity index (χ4v) is 4.30. The van der Waals surface area contributed by atoms with E-state index < -0.39 is 0 Å². The monoisotopic (exact) mass is 346 g/mol. The standard InChI is InChI=1S/C18H26N4O3/c1-14-10-19-17(20-11-14)22-12-15(16(23)21-4-8-25-9-5-21)18(13-22)2-6-24-7-3-18/h10-11,15H,2-9,12-13H2,1H3/t15-/m0/s1. The Morgan fingerprint density at radius 3 is 2.44 bits per heavy atom. The van der Waals surface area contributed by atoms with Crippen LogP contribution in [0.3, 0.4) is 0 Å². The van der Waals surface area contributed by atoms with Gasteiger partial charge in [-0.2, -0.15) is 0 Å². The molecule has 1 aromatic heterocycles. The number of hydrogen-bond donors (Lipinski definition) is 0. The first-order valence-electron chi connectivity index (χ1n) is 9.16. The van der Waals surface area contributed by atoms with E-state index in [1.54, 1.807) is 0 Å². The summed E-state index contributed by atoms with van der Waals surface area (Å²) in [5, 5.41) is 0. The van der Waals surface area contributed by atoms with Gasteiger partial charge in [0, 0.05) is 57.2 Å². The number of morpholine rings is 1. The van der Waals surface area contributed by atoms with Gasteiger partial charge in [-0.05, 0) is 25.3 Å². The molecule has 0 saturated carbocycles. The average molecular weight is 346 g/mol. The highest BCUT2D eigenvalue weighted by Crippen LogP contribution is 2.45. The summed E-state index contributed by atoms with van der Waals surface area (Å²) in [6, 6.07) is 0. The first kappa shape index (κ1) is 16.7. The molecule has 4 heterocycles. The molecule has 1 aromatic rings. The number of aryl methyl sites for hydroxylation is 1. The number of anilines is 1. The molecule has 3 fully saturated rings. The van der Waals surface area contributed by atoms with Crippen LogP contribution >= 0.6 is 0 Å². The fraction of sp³-hybridized carbons (Fsp3) is 0.722. The third-order valence-corrected chi connectivity index (χ3v) is 5.81. The summed E-state index contributed by atoms with van der Waals surface area (Å²) in [7, 11) is 0. The summed E-state index contributed by atoms with van der Waals surface area (Å²) < 4.78 is 11.0. The van der Waals surface area contributed by atoms with Crippen LogP contribution in [0.25, 0.3) is 0 Å². The molecule has 0 N–H and O–H groups in total. The highest BCUT2D eigenvalue weighted by atomic mass is 16.5. The van der Waals surface area contributed by atoms with Crippen molar-refractivity contribution in [1.29, 1.82) is 0 Å². The first-order valence-corrected chi connectivity index (χ1v) is 9.16. The van der Waals surface area contributed by atoms with E-state index in [4.69, 9.17) is 9.47 Å². The van der Waals surface area contributed by atoms with E-state index in [1.165, 1.54) is 0 Å². The van der Waals surface area contributed by atoms with Crippen molar-refractivity contribution in [2.24, 2.45) is 11.3 Å². The Kier molecular flexibility index (Phi) is 4.60. The van der Waals surface area contributed by atoms with Crippen LogP contribution in [0.2, 0.25) is 0 Å². The van der Waals surface area contributed by atoms with Gasteiger partial charge in [0.15, 0.2) is 0 Å².